The Labute approximate surface area is 98.8 Å². The fraction of sp³-hybridized carbons (Fsp3) is 0.462. The van der Waals surface area contributed by atoms with E-state index in [0.717, 1.165) is 25.3 Å². The van der Waals surface area contributed by atoms with Crippen LogP contribution in [-0.4, -0.2) is 11.3 Å². The number of hydrogen-bond acceptors (Lipinski definition) is 2. The van der Waals surface area contributed by atoms with Crippen LogP contribution in [0.2, 0.25) is 0 Å². The van der Waals surface area contributed by atoms with Gasteiger partial charge in [0.2, 0.25) is 0 Å². The molecule has 2 rings (SSSR count). The Hall–Kier alpha value is -1.29. The summed E-state index contributed by atoms with van der Waals surface area (Å²) in [6.45, 7) is 0. The third-order valence-electron chi connectivity index (χ3n) is 3.22. The van der Waals surface area contributed by atoms with E-state index >= 15 is 0 Å². The fourth-order valence-corrected chi connectivity index (χ4v) is 2.20. The average Bonchev–Trinajstić information content (AvgIpc) is 2.12. The van der Waals surface area contributed by atoms with E-state index in [-0.39, 0.29) is 17.7 Å². The monoisotopic (exact) mass is 239 g/mol. The Kier molecular flexibility index (Phi) is 3.24. The van der Waals surface area contributed by atoms with Crippen molar-refractivity contribution in [1.29, 1.82) is 0 Å². The van der Waals surface area contributed by atoms with Gasteiger partial charge in [0.25, 0.3) is 0 Å². The molecule has 0 saturated heterocycles. The molecule has 17 heavy (non-hydrogen) atoms. The lowest BCUT2D eigenvalue weighted by Gasteiger charge is -2.37. The average molecular weight is 239 g/mol. The van der Waals surface area contributed by atoms with Crippen LogP contribution in [0.4, 0.5) is 8.78 Å². The van der Waals surface area contributed by atoms with Gasteiger partial charge in [0.05, 0.1) is 0 Å². The minimum atomic E-state index is -0.654. The summed E-state index contributed by atoms with van der Waals surface area (Å²) in [5.41, 5.74) is 5.95. The van der Waals surface area contributed by atoms with Crippen LogP contribution in [0, 0.1) is 11.6 Å². The molecule has 1 aromatic carbocycles. The minimum absolute atomic E-state index is 0.0492. The maximum Gasteiger partial charge on any atom is 0.139 e. The zero-order valence-electron chi connectivity index (χ0n) is 9.51. The van der Waals surface area contributed by atoms with Crippen LogP contribution in [0.15, 0.2) is 18.2 Å². The van der Waals surface area contributed by atoms with E-state index in [2.05, 4.69) is 0 Å². The number of hydrogen-bond donors (Lipinski definition) is 1. The second kappa shape index (κ2) is 4.53. The van der Waals surface area contributed by atoms with E-state index in [1.807, 2.05) is 0 Å². The van der Waals surface area contributed by atoms with E-state index in [1.165, 1.54) is 12.1 Å². The molecule has 0 unspecified atom stereocenters. The summed E-state index contributed by atoms with van der Waals surface area (Å²) in [6, 6.07) is 3.17. The van der Waals surface area contributed by atoms with Gasteiger partial charge in [0, 0.05) is 24.4 Å². The van der Waals surface area contributed by atoms with Crippen molar-refractivity contribution < 1.29 is 13.6 Å². The molecule has 0 bridgehead atoms. The normalized spacial score (nSPS) is 17.6. The summed E-state index contributed by atoms with van der Waals surface area (Å²) in [7, 11) is 0. The lowest BCUT2D eigenvalue weighted by molar-refractivity contribution is -0.120. The predicted octanol–water partition coefficient (Wildman–Crippen LogP) is 2.35. The highest BCUT2D eigenvalue weighted by atomic mass is 19.1. The number of carbonyl (C=O) groups is 1. The minimum Gasteiger partial charge on any atom is -0.325 e. The summed E-state index contributed by atoms with van der Waals surface area (Å²) in [4.78, 5) is 11.7. The van der Waals surface area contributed by atoms with Gasteiger partial charge in [-0.2, -0.15) is 0 Å². The van der Waals surface area contributed by atoms with Crippen molar-refractivity contribution in [2.24, 2.45) is 5.73 Å². The molecular weight excluding hydrogens is 224 g/mol. The Morgan fingerprint density at radius 1 is 1.24 bits per heavy atom. The number of halogens is 2. The summed E-state index contributed by atoms with van der Waals surface area (Å²) >= 11 is 0. The molecule has 0 amide bonds. The molecule has 0 aromatic heterocycles. The standard InChI is InChI=1S/C13H15F2NO/c14-10-4-9(5-11(15)7-10)6-12(17)8-13(16)2-1-3-13/h4-5,7H,1-3,6,8,16H2. The molecule has 1 aromatic rings. The Balaban J connectivity index is 1.98. The molecule has 0 spiro atoms. The van der Waals surface area contributed by atoms with Crippen LogP contribution in [0.1, 0.15) is 31.2 Å². The lowest BCUT2D eigenvalue weighted by atomic mass is 9.74. The highest BCUT2D eigenvalue weighted by Gasteiger charge is 2.34. The van der Waals surface area contributed by atoms with Crippen molar-refractivity contribution in [3.63, 3.8) is 0 Å². The largest absolute Gasteiger partial charge is 0.325 e. The first-order valence-electron chi connectivity index (χ1n) is 5.72. The summed E-state index contributed by atoms with van der Waals surface area (Å²) in [5, 5.41) is 0. The molecule has 2 N–H and O–H groups in total. The van der Waals surface area contributed by atoms with Crippen LogP contribution in [0.25, 0.3) is 0 Å². The molecule has 1 aliphatic carbocycles. The number of benzene rings is 1. The zero-order valence-corrected chi connectivity index (χ0v) is 9.51. The van der Waals surface area contributed by atoms with Gasteiger partial charge in [-0.1, -0.05) is 0 Å². The molecular formula is C13H15F2NO. The smallest absolute Gasteiger partial charge is 0.139 e. The van der Waals surface area contributed by atoms with Crippen LogP contribution in [-0.2, 0) is 11.2 Å². The van der Waals surface area contributed by atoms with E-state index < -0.39 is 11.6 Å². The Morgan fingerprint density at radius 2 is 1.82 bits per heavy atom. The van der Waals surface area contributed by atoms with Gasteiger partial charge in [-0.15, -0.1) is 0 Å². The van der Waals surface area contributed by atoms with Gasteiger partial charge < -0.3 is 5.73 Å². The molecule has 0 aliphatic heterocycles. The third kappa shape index (κ3) is 3.09. The van der Waals surface area contributed by atoms with Crippen molar-refractivity contribution in [3.05, 3.63) is 35.4 Å². The number of Topliss-reactive ketones (excluding diaryl/α,β-unsaturated/α-hetero) is 1. The highest BCUT2D eigenvalue weighted by Crippen LogP contribution is 2.32. The van der Waals surface area contributed by atoms with Crippen molar-refractivity contribution in [2.45, 2.75) is 37.6 Å². The first-order valence-corrected chi connectivity index (χ1v) is 5.72. The molecule has 0 radical (unpaired) electrons. The molecule has 92 valence electrons. The highest BCUT2D eigenvalue weighted by molar-refractivity contribution is 5.82. The summed E-state index contributed by atoms with van der Waals surface area (Å²) in [6.07, 6.45) is 3.11. The van der Waals surface area contributed by atoms with E-state index in [1.54, 1.807) is 0 Å². The summed E-state index contributed by atoms with van der Waals surface area (Å²) < 4.78 is 25.8. The van der Waals surface area contributed by atoms with Crippen LogP contribution in [0.5, 0.6) is 0 Å². The van der Waals surface area contributed by atoms with Gasteiger partial charge in [-0.3, -0.25) is 4.79 Å². The quantitative estimate of drug-likeness (QED) is 0.876. The third-order valence-corrected chi connectivity index (χ3v) is 3.22. The molecule has 0 atom stereocenters. The van der Waals surface area contributed by atoms with E-state index in [9.17, 15) is 13.6 Å². The summed E-state index contributed by atoms with van der Waals surface area (Å²) in [5.74, 6) is -1.37. The van der Waals surface area contributed by atoms with Crippen LogP contribution in [0.3, 0.4) is 0 Å². The van der Waals surface area contributed by atoms with Gasteiger partial charge in [0.15, 0.2) is 0 Å². The molecule has 1 saturated carbocycles. The lowest BCUT2D eigenvalue weighted by Crippen LogP contribution is -2.48. The molecule has 4 heteroatoms. The van der Waals surface area contributed by atoms with Gasteiger partial charge in [0.1, 0.15) is 17.4 Å². The molecule has 0 heterocycles. The maximum atomic E-state index is 12.9. The van der Waals surface area contributed by atoms with E-state index in [0.29, 0.717) is 12.0 Å². The zero-order chi connectivity index (χ0) is 12.5. The maximum absolute atomic E-state index is 12.9. The second-order valence-corrected chi connectivity index (χ2v) is 4.89. The number of nitrogens with two attached hydrogens (primary N) is 1. The number of rotatable bonds is 4. The first-order chi connectivity index (χ1) is 7.97. The number of ketones is 1. The Morgan fingerprint density at radius 3 is 2.29 bits per heavy atom. The van der Waals surface area contributed by atoms with Crippen LogP contribution >= 0.6 is 0 Å². The van der Waals surface area contributed by atoms with E-state index in [4.69, 9.17) is 5.73 Å². The topological polar surface area (TPSA) is 43.1 Å². The molecule has 1 fully saturated rings. The van der Waals surface area contributed by atoms with Gasteiger partial charge in [-0.05, 0) is 37.0 Å². The van der Waals surface area contributed by atoms with Crippen molar-refractivity contribution in [1.82, 2.24) is 0 Å². The van der Waals surface area contributed by atoms with Gasteiger partial charge >= 0.3 is 0 Å². The van der Waals surface area contributed by atoms with Crippen molar-refractivity contribution >= 4 is 5.78 Å². The molecule has 1 aliphatic rings. The predicted molar refractivity (Wildman–Crippen MR) is 60.5 cm³/mol. The fourth-order valence-electron chi connectivity index (χ4n) is 2.20. The van der Waals surface area contributed by atoms with Crippen molar-refractivity contribution in [2.75, 3.05) is 0 Å². The molecule has 2 nitrogen and oxygen atoms in total. The second-order valence-electron chi connectivity index (χ2n) is 4.89. The SMILES string of the molecule is NC1(CC(=O)Cc2cc(F)cc(F)c2)CCC1. The van der Waals surface area contributed by atoms with Crippen molar-refractivity contribution in [3.8, 4) is 0 Å². The number of carbonyl (C=O) groups excluding carboxylic acids is 1. The first kappa shape index (κ1) is 12.2. The van der Waals surface area contributed by atoms with Crippen LogP contribution < -0.4 is 5.73 Å². The van der Waals surface area contributed by atoms with Gasteiger partial charge in [-0.25, -0.2) is 8.78 Å². The Bertz CT molecular complexity index is 421.